The lowest BCUT2D eigenvalue weighted by atomic mass is 9.80. The van der Waals surface area contributed by atoms with Gasteiger partial charge in [0.25, 0.3) is 5.91 Å². The fraction of sp³-hybridized carbons (Fsp3) is 0.500. The molecule has 10 heteroatoms. The Morgan fingerprint density at radius 2 is 1.70 bits per heavy atom. The summed E-state index contributed by atoms with van der Waals surface area (Å²) in [4.78, 5) is 50.6. The summed E-state index contributed by atoms with van der Waals surface area (Å²) >= 11 is 12.6. The van der Waals surface area contributed by atoms with Crippen LogP contribution in [0.2, 0.25) is 0 Å². The number of hydrogen-bond acceptors (Lipinski definition) is 6. The molecule has 1 saturated heterocycles. The van der Waals surface area contributed by atoms with E-state index in [4.69, 9.17) is 32.7 Å². The number of para-hydroxylation sites is 2. The Hall–Kier alpha value is -2.32. The highest BCUT2D eigenvalue weighted by atomic mass is 35.5. The summed E-state index contributed by atoms with van der Waals surface area (Å²) in [6.07, 6.45) is 0.649. The van der Waals surface area contributed by atoms with Crippen LogP contribution >= 0.6 is 23.2 Å². The lowest BCUT2D eigenvalue weighted by molar-refractivity contribution is -0.154. The second-order valence-electron chi connectivity index (χ2n) is 7.68. The number of imide groups is 1. The van der Waals surface area contributed by atoms with E-state index in [-0.39, 0.29) is 22.6 Å². The first-order chi connectivity index (χ1) is 14.3. The molecule has 1 heterocycles. The van der Waals surface area contributed by atoms with E-state index in [2.05, 4.69) is 5.32 Å². The molecule has 30 heavy (non-hydrogen) atoms. The topological polar surface area (TPSA) is 102 Å². The van der Waals surface area contributed by atoms with Crippen LogP contribution in [-0.2, 0) is 23.9 Å². The lowest BCUT2D eigenvalue weighted by Gasteiger charge is -2.28. The Labute approximate surface area is 182 Å². The Balaban J connectivity index is 1.32. The molecular formula is C20H20Cl2N2O6. The summed E-state index contributed by atoms with van der Waals surface area (Å²) in [6, 6.07) is 6.78. The summed E-state index contributed by atoms with van der Waals surface area (Å²) < 4.78 is 10.1. The van der Waals surface area contributed by atoms with Crippen LogP contribution in [-0.4, -0.2) is 59.6 Å². The fourth-order valence-electron chi connectivity index (χ4n) is 4.82. The van der Waals surface area contributed by atoms with Gasteiger partial charge in [0.15, 0.2) is 6.61 Å². The van der Waals surface area contributed by atoms with Crippen molar-refractivity contribution < 1.29 is 28.7 Å². The van der Waals surface area contributed by atoms with Crippen molar-refractivity contribution in [2.75, 3.05) is 25.6 Å². The van der Waals surface area contributed by atoms with Crippen molar-refractivity contribution in [3.8, 4) is 5.75 Å². The van der Waals surface area contributed by atoms with Crippen molar-refractivity contribution in [1.29, 1.82) is 0 Å². The number of fused-ring (bicyclic) bond motifs is 5. The van der Waals surface area contributed by atoms with E-state index in [1.165, 1.54) is 7.11 Å². The SMILES string of the molecule is COc1ccccc1NC(=O)COC(=O)CN1C(=O)[C@@H]2[C@H]3C[C@@H]([C@H](Cl)[C@@H]3Cl)[C@@H]2C1=O. The zero-order valence-electron chi connectivity index (χ0n) is 16.0. The molecule has 160 valence electrons. The number of carbonyl (C=O) groups excluding carboxylic acids is 4. The number of hydrogen-bond donors (Lipinski definition) is 1. The van der Waals surface area contributed by atoms with Crippen LogP contribution in [0.3, 0.4) is 0 Å². The molecule has 1 aromatic carbocycles. The molecule has 0 unspecified atom stereocenters. The maximum atomic E-state index is 12.7. The number of nitrogens with one attached hydrogen (secondary N) is 1. The molecule has 0 aromatic heterocycles. The third-order valence-electron chi connectivity index (χ3n) is 6.11. The van der Waals surface area contributed by atoms with E-state index >= 15 is 0 Å². The standard InChI is InChI=1S/C20H20Cl2N2O6/c1-29-12-5-3-2-4-11(12)23-13(25)8-30-14(26)7-24-19(27)15-9-6-10(16(15)20(24)28)18(22)17(9)21/h2-5,9-10,15-18H,6-8H2,1H3,(H,23,25)/t9-,10-,15-,16+,17-,18+/m1/s1. The summed E-state index contributed by atoms with van der Waals surface area (Å²) in [7, 11) is 1.47. The Morgan fingerprint density at radius 3 is 2.30 bits per heavy atom. The van der Waals surface area contributed by atoms with Gasteiger partial charge in [0.05, 0.1) is 35.4 Å². The number of esters is 1. The molecule has 0 radical (unpaired) electrons. The number of carbonyl (C=O) groups is 4. The van der Waals surface area contributed by atoms with Gasteiger partial charge in [-0.25, -0.2) is 0 Å². The second kappa shape index (κ2) is 8.07. The molecule has 3 fully saturated rings. The first kappa shape index (κ1) is 20.9. The predicted octanol–water partition coefficient (Wildman–Crippen LogP) is 1.64. The molecule has 4 rings (SSSR count). The van der Waals surface area contributed by atoms with Crippen molar-refractivity contribution in [2.24, 2.45) is 23.7 Å². The normalized spacial score (nSPS) is 31.6. The summed E-state index contributed by atoms with van der Waals surface area (Å²) in [5, 5.41) is 1.85. The van der Waals surface area contributed by atoms with Gasteiger partial charge in [0, 0.05) is 0 Å². The minimum Gasteiger partial charge on any atom is -0.495 e. The predicted molar refractivity (Wildman–Crippen MR) is 107 cm³/mol. The van der Waals surface area contributed by atoms with Crippen LogP contribution in [0.5, 0.6) is 5.75 Å². The van der Waals surface area contributed by atoms with E-state index in [0.717, 1.165) is 4.90 Å². The number of benzene rings is 1. The Kier molecular flexibility index (Phi) is 5.63. The van der Waals surface area contributed by atoms with E-state index in [1.54, 1.807) is 24.3 Å². The smallest absolute Gasteiger partial charge is 0.326 e. The van der Waals surface area contributed by atoms with Crippen LogP contribution in [0.25, 0.3) is 0 Å². The van der Waals surface area contributed by atoms with Crippen LogP contribution in [0, 0.1) is 23.7 Å². The van der Waals surface area contributed by atoms with Gasteiger partial charge in [-0.1, -0.05) is 12.1 Å². The van der Waals surface area contributed by atoms with Crippen molar-refractivity contribution >= 4 is 52.6 Å². The van der Waals surface area contributed by atoms with Gasteiger partial charge in [-0.3, -0.25) is 24.1 Å². The number of methoxy groups -OCH3 is 1. The highest BCUT2D eigenvalue weighted by Gasteiger charge is 2.66. The van der Waals surface area contributed by atoms with E-state index in [9.17, 15) is 19.2 Å². The van der Waals surface area contributed by atoms with Gasteiger partial charge in [-0.2, -0.15) is 0 Å². The molecule has 2 bridgehead atoms. The molecule has 3 amide bonds. The van der Waals surface area contributed by atoms with Gasteiger partial charge >= 0.3 is 5.97 Å². The monoisotopic (exact) mass is 454 g/mol. The third-order valence-corrected chi connectivity index (χ3v) is 7.43. The van der Waals surface area contributed by atoms with E-state index < -0.39 is 48.7 Å². The molecule has 1 aromatic rings. The van der Waals surface area contributed by atoms with Crippen LogP contribution < -0.4 is 10.1 Å². The first-order valence-corrected chi connectivity index (χ1v) is 10.4. The van der Waals surface area contributed by atoms with Gasteiger partial charge < -0.3 is 14.8 Å². The van der Waals surface area contributed by atoms with Crippen molar-refractivity contribution in [1.82, 2.24) is 4.90 Å². The Morgan fingerprint density at radius 1 is 1.10 bits per heavy atom. The summed E-state index contributed by atoms with van der Waals surface area (Å²) in [5.74, 6) is -3.16. The second-order valence-corrected chi connectivity index (χ2v) is 8.68. The lowest BCUT2D eigenvalue weighted by Crippen LogP contribution is -2.38. The highest BCUT2D eigenvalue weighted by molar-refractivity contribution is 6.31. The van der Waals surface area contributed by atoms with E-state index in [0.29, 0.717) is 17.9 Å². The molecule has 0 spiro atoms. The molecule has 8 nitrogen and oxygen atoms in total. The number of halogens is 2. The number of rotatable bonds is 6. The van der Waals surface area contributed by atoms with Gasteiger partial charge in [0.2, 0.25) is 11.8 Å². The number of nitrogens with zero attached hydrogens (tertiary/aromatic N) is 1. The van der Waals surface area contributed by atoms with Gasteiger partial charge in [-0.15, -0.1) is 23.2 Å². The largest absolute Gasteiger partial charge is 0.495 e. The average Bonchev–Trinajstić information content (AvgIpc) is 3.33. The zero-order chi connectivity index (χ0) is 21.6. The quantitative estimate of drug-likeness (QED) is 0.398. The van der Waals surface area contributed by atoms with Crippen molar-refractivity contribution in [3.05, 3.63) is 24.3 Å². The molecule has 1 aliphatic heterocycles. The number of ether oxygens (including phenoxy) is 2. The van der Waals surface area contributed by atoms with Crippen molar-refractivity contribution in [2.45, 2.75) is 17.2 Å². The number of anilines is 1. The van der Waals surface area contributed by atoms with Crippen LogP contribution in [0.4, 0.5) is 5.69 Å². The van der Waals surface area contributed by atoms with Crippen molar-refractivity contribution in [3.63, 3.8) is 0 Å². The number of likely N-dealkylation sites (tertiary alicyclic amines) is 1. The van der Waals surface area contributed by atoms with Gasteiger partial charge in [-0.05, 0) is 30.4 Å². The van der Waals surface area contributed by atoms with Crippen LogP contribution in [0.1, 0.15) is 6.42 Å². The molecule has 2 aliphatic carbocycles. The maximum Gasteiger partial charge on any atom is 0.326 e. The maximum absolute atomic E-state index is 12.7. The fourth-order valence-corrected chi connectivity index (χ4v) is 5.71. The van der Waals surface area contributed by atoms with Crippen LogP contribution in [0.15, 0.2) is 24.3 Å². The minimum atomic E-state index is -0.843. The van der Waals surface area contributed by atoms with Gasteiger partial charge in [0.1, 0.15) is 12.3 Å². The number of amides is 3. The molecule has 2 saturated carbocycles. The molecule has 3 aliphatic rings. The average molecular weight is 455 g/mol. The minimum absolute atomic E-state index is 0.159. The highest BCUT2D eigenvalue weighted by Crippen LogP contribution is 2.59. The summed E-state index contributed by atoms with van der Waals surface area (Å²) in [5.41, 5.74) is 0.431. The third kappa shape index (κ3) is 3.41. The zero-order valence-corrected chi connectivity index (χ0v) is 17.6. The first-order valence-electron chi connectivity index (χ1n) is 9.55. The molecular weight excluding hydrogens is 435 g/mol. The number of alkyl halides is 2. The Bertz CT molecular complexity index is 877. The van der Waals surface area contributed by atoms with E-state index in [1.807, 2.05) is 0 Å². The molecule has 1 N–H and O–H groups in total. The summed E-state index contributed by atoms with van der Waals surface area (Å²) in [6.45, 7) is -1.09. The molecule has 6 atom stereocenters.